The van der Waals surface area contributed by atoms with E-state index in [0.717, 1.165) is 28.3 Å². The minimum absolute atomic E-state index is 0.104. The summed E-state index contributed by atoms with van der Waals surface area (Å²) in [4.78, 5) is 26.7. The third kappa shape index (κ3) is 2.56. The minimum Gasteiger partial charge on any atom is -0.321 e. The van der Waals surface area contributed by atoms with E-state index in [1.165, 1.54) is 16.9 Å². The summed E-state index contributed by atoms with van der Waals surface area (Å²) in [7, 11) is 0. The standard InChI is InChI=1S/C21H18N2O2S/c1-3-12(2)13-4-6-14(7-5-13)18-17(23-25)9-8-16-19(18)15-10-11-26-20(15)21(24)22-16/h4-12H,3H2,1-2H3,(H,22,24). The van der Waals surface area contributed by atoms with Gasteiger partial charge in [0.1, 0.15) is 10.4 Å². The molecule has 1 atom stereocenters. The average molecular weight is 362 g/mol. The van der Waals surface area contributed by atoms with E-state index in [1.54, 1.807) is 12.1 Å². The van der Waals surface area contributed by atoms with Crippen LogP contribution in [-0.4, -0.2) is 4.98 Å². The molecule has 2 aromatic heterocycles. The van der Waals surface area contributed by atoms with Gasteiger partial charge >= 0.3 is 0 Å². The summed E-state index contributed by atoms with van der Waals surface area (Å²) in [6.45, 7) is 4.37. The number of thiophene rings is 1. The molecule has 0 bridgehead atoms. The van der Waals surface area contributed by atoms with E-state index in [4.69, 9.17) is 0 Å². The van der Waals surface area contributed by atoms with E-state index in [2.05, 4.69) is 36.1 Å². The number of nitrogens with one attached hydrogen (secondary N) is 1. The third-order valence-corrected chi connectivity index (χ3v) is 5.96. The fourth-order valence-electron chi connectivity index (χ4n) is 3.42. The molecule has 0 aliphatic carbocycles. The molecule has 1 N–H and O–H groups in total. The highest BCUT2D eigenvalue weighted by Gasteiger charge is 2.16. The number of nitroso groups, excluding NO2 is 1. The average Bonchev–Trinajstić information content (AvgIpc) is 3.17. The van der Waals surface area contributed by atoms with Crippen LogP contribution in [0.5, 0.6) is 0 Å². The molecule has 2 heterocycles. The predicted octanol–water partition coefficient (Wildman–Crippen LogP) is 6.32. The van der Waals surface area contributed by atoms with Crippen molar-refractivity contribution in [2.45, 2.75) is 26.2 Å². The van der Waals surface area contributed by atoms with Crippen molar-refractivity contribution < 1.29 is 0 Å². The maximum Gasteiger partial charge on any atom is 0.266 e. The number of H-pyrrole nitrogens is 1. The highest BCUT2D eigenvalue weighted by atomic mass is 32.1. The first-order valence-corrected chi connectivity index (χ1v) is 9.52. The van der Waals surface area contributed by atoms with Gasteiger partial charge in [-0.3, -0.25) is 4.79 Å². The number of nitrogens with zero attached hydrogens (tertiary/aromatic N) is 1. The SMILES string of the molecule is CCC(C)c1ccc(-c2c(N=O)ccc3[nH]c(=O)c4sccc4c23)cc1. The van der Waals surface area contributed by atoms with Crippen LogP contribution in [0.15, 0.2) is 57.8 Å². The number of rotatable bonds is 4. The van der Waals surface area contributed by atoms with Crippen molar-refractivity contribution in [2.24, 2.45) is 5.18 Å². The molecule has 4 aromatic rings. The van der Waals surface area contributed by atoms with Crippen molar-refractivity contribution in [1.82, 2.24) is 4.98 Å². The molecule has 26 heavy (non-hydrogen) atoms. The van der Waals surface area contributed by atoms with Gasteiger partial charge in [-0.2, -0.15) is 0 Å². The van der Waals surface area contributed by atoms with Gasteiger partial charge in [0.05, 0.1) is 0 Å². The molecule has 0 spiro atoms. The van der Waals surface area contributed by atoms with Gasteiger partial charge in [0.15, 0.2) is 0 Å². The quantitative estimate of drug-likeness (QED) is 0.432. The highest BCUT2D eigenvalue weighted by molar-refractivity contribution is 7.17. The fraction of sp³-hybridized carbons (Fsp3) is 0.190. The van der Waals surface area contributed by atoms with Crippen LogP contribution in [0, 0.1) is 4.91 Å². The van der Waals surface area contributed by atoms with E-state index in [0.29, 0.717) is 21.8 Å². The lowest BCUT2D eigenvalue weighted by Crippen LogP contribution is -2.04. The van der Waals surface area contributed by atoms with Crippen molar-refractivity contribution in [2.75, 3.05) is 0 Å². The van der Waals surface area contributed by atoms with E-state index in [-0.39, 0.29) is 5.56 Å². The maximum atomic E-state index is 12.3. The van der Waals surface area contributed by atoms with E-state index in [9.17, 15) is 9.70 Å². The van der Waals surface area contributed by atoms with Crippen LogP contribution >= 0.6 is 11.3 Å². The van der Waals surface area contributed by atoms with Gasteiger partial charge < -0.3 is 4.98 Å². The summed E-state index contributed by atoms with van der Waals surface area (Å²) >= 11 is 1.40. The number of aromatic nitrogens is 1. The zero-order chi connectivity index (χ0) is 18.3. The second kappa shape index (κ2) is 6.50. The minimum atomic E-state index is -0.104. The summed E-state index contributed by atoms with van der Waals surface area (Å²) in [6, 6.07) is 13.6. The summed E-state index contributed by atoms with van der Waals surface area (Å²) in [5.74, 6) is 0.486. The first kappa shape index (κ1) is 16.7. The van der Waals surface area contributed by atoms with Crippen LogP contribution < -0.4 is 5.56 Å². The van der Waals surface area contributed by atoms with Crippen molar-refractivity contribution in [1.29, 1.82) is 0 Å². The van der Waals surface area contributed by atoms with Gasteiger partial charge in [-0.25, -0.2) is 0 Å². The van der Waals surface area contributed by atoms with Crippen molar-refractivity contribution >= 4 is 38.0 Å². The number of aromatic amines is 1. The molecule has 0 amide bonds. The molecule has 2 aromatic carbocycles. The van der Waals surface area contributed by atoms with E-state index < -0.39 is 0 Å². The second-order valence-electron chi connectivity index (χ2n) is 6.52. The lowest BCUT2D eigenvalue weighted by molar-refractivity contribution is 0.734. The van der Waals surface area contributed by atoms with Crippen molar-refractivity contribution in [3.8, 4) is 11.1 Å². The van der Waals surface area contributed by atoms with Crippen LogP contribution in [0.3, 0.4) is 0 Å². The van der Waals surface area contributed by atoms with Crippen LogP contribution in [0.4, 0.5) is 5.69 Å². The predicted molar refractivity (Wildman–Crippen MR) is 110 cm³/mol. The molecule has 130 valence electrons. The van der Waals surface area contributed by atoms with Gasteiger partial charge in [0.25, 0.3) is 5.56 Å². The molecule has 0 fully saturated rings. The Morgan fingerprint density at radius 1 is 1.12 bits per heavy atom. The number of pyridine rings is 1. The number of hydrogen-bond acceptors (Lipinski definition) is 4. The van der Waals surface area contributed by atoms with Crippen molar-refractivity contribution in [3.05, 3.63) is 68.7 Å². The summed E-state index contributed by atoms with van der Waals surface area (Å²) in [5, 5.41) is 6.88. The Kier molecular flexibility index (Phi) is 4.17. The molecular formula is C21H18N2O2S. The smallest absolute Gasteiger partial charge is 0.266 e. The fourth-order valence-corrected chi connectivity index (χ4v) is 4.21. The van der Waals surface area contributed by atoms with Gasteiger partial charge in [0.2, 0.25) is 0 Å². The zero-order valence-corrected chi connectivity index (χ0v) is 15.4. The molecule has 0 saturated heterocycles. The van der Waals surface area contributed by atoms with E-state index >= 15 is 0 Å². The molecule has 0 aliphatic rings. The van der Waals surface area contributed by atoms with Gasteiger partial charge in [0, 0.05) is 21.9 Å². The molecule has 0 aliphatic heterocycles. The van der Waals surface area contributed by atoms with Crippen LogP contribution in [0.1, 0.15) is 31.7 Å². The maximum absolute atomic E-state index is 12.3. The first-order chi connectivity index (χ1) is 12.6. The van der Waals surface area contributed by atoms with Gasteiger partial charge in [-0.05, 0) is 52.2 Å². The molecular weight excluding hydrogens is 344 g/mol. The first-order valence-electron chi connectivity index (χ1n) is 8.64. The summed E-state index contributed by atoms with van der Waals surface area (Å²) in [6.07, 6.45) is 1.07. The largest absolute Gasteiger partial charge is 0.321 e. The van der Waals surface area contributed by atoms with Crippen LogP contribution in [0.25, 0.3) is 32.1 Å². The Morgan fingerprint density at radius 2 is 1.88 bits per heavy atom. The number of hydrogen-bond donors (Lipinski definition) is 1. The Hall–Kier alpha value is -2.79. The Balaban J connectivity index is 2.06. The normalized spacial score (nSPS) is 12.5. The van der Waals surface area contributed by atoms with Crippen molar-refractivity contribution in [3.63, 3.8) is 0 Å². The van der Waals surface area contributed by atoms with Crippen LogP contribution in [-0.2, 0) is 0 Å². The molecule has 0 saturated carbocycles. The zero-order valence-electron chi connectivity index (χ0n) is 14.6. The Morgan fingerprint density at radius 3 is 2.58 bits per heavy atom. The molecule has 4 nitrogen and oxygen atoms in total. The highest BCUT2D eigenvalue weighted by Crippen LogP contribution is 2.40. The van der Waals surface area contributed by atoms with E-state index in [1.807, 2.05) is 23.6 Å². The Labute approximate surface area is 154 Å². The lowest BCUT2D eigenvalue weighted by Gasteiger charge is -2.13. The van der Waals surface area contributed by atoms with Gasteiger partial charge in [-0.1, -0.05) is 38.1 Å². The number of benzene rings is 2. The molecule has 5 heteroatoms. The van der Waals surface area contributed by atoms with Crippen LogP contribution in [0.2, 0.25) is 0 Å². The Bertz CT molecular complexity index is 1170. The molecule has 0 radical (unpaired) electrons. The van der Waals surface area contributed by atoms with Gasteiger partial charge in [-0.15, -0.1) is 16.2 Å². The number of fused-ring (bicyclic) bond motifs is 3. The second-order valence-corrected chi connectivity index (χ2v) is 7.44. The third-order valence-electron chi connectivity index (χ3n) is 5.05. The monoisotopic (exact) mass is 362 g/mol. The lowest BCUT2D eigenvalue weighted by atomic mass is 9.93. The molecule has 4 rings (SSSR count). The topological polar surface area (TPSA) is 62.3 Å². The summed E-state index contributed by atoms with van der Waals surface area (Å²) in [5.41, 5.74) is 3.96. The molecule has 1 unspecified atom stereocenters. The summed E-state index contributed by atoms with van der Waals surface area (Å²) < 4.78 is 0.665.